The summed E-state index contributed by atoms with van der Waals surface area (Å²) in [5.74, 6) is 2.37. The number of hydrogen-bond donors (Lipinski definition) is 1. The van der Waals surface area contributed by atoms with Crippen LogP contribution >= 0.6 is 0 Å². The maximum absolute atomic E-state index is 10.9. The van der Waals surface area contributed by atoms with Crippen molar-refractivity contribution in [1.82, 2.24) is 14.6 Å². The van der Waals surface area contributed by atoms with Crippen LogP contribution in [0.2, 0.25) is 0 Å². The highest BCUT2D eigenvalue weighted by molar-refractivity contribution is 5.70. The molecule has 0 radical (unpaired) electrons. The number of nitrogens with zero attached hydrogens (tertiary/aromatic N) is 4. The molecule has 164 valence electrons. The van der Waals surface area contributed by atoms with Gasteiger partial charge in [0.2, 0.25) is 5.88 Å². The summed E-state index contributed by atoms with van der Waals surface area (Å²) in [6.07, 6.45) is 0. The molecule has 32 heavy (non-hydrogen) atoms. The van der Waals surface area contributed by atoms with Gasteiger partial charge in [0.25, 0.3) is 5.69 Å². The Morgan fingerprint density at radius 1 is 0.969 bits per heavy atom. The number of ether oxygens (including phenoxy) is 3. The van der Waals surface area contributed by atoms with Gasteiger partial charge in [-0.15, -0.1) is 5.10 Å². The fourth-order valence-corrected chi connectivity index (χ4v) is 3.30. The number of rotatable bonds is 8. The molecule has 0 saturated heterocycles. The van der Waals surface area contributed by atoms with E-state index in [4.69, 9.17) is 14.2 Å². The average molecular weight is 435 g/mol. The summed E-state index contributed by atoms with van der Waals surface area (Å²) in [4.78, 5) is 15.0. The van der Waals surface area contributed by atoms with E-state index in [1.54, 1.807) is 30.9 Å². The Balaban J connectivity index is 1.61. The Kier molecular flexibility index (Phi) is 5.75. The smallest absolute Gasteiger partial charge is 0.269 e. The van der Waals surface area contributed by atoms with Crippen LogP contribution in [0.1, 0.15) is 5.56 Å². The summed E-state index contributed by atoms with van der Waals surface area (Å²) >= 11 is 0. The number of non-ortho nitro benzene ring substituents is 1. The normalized spacial score (nSPS) is 10.7. The fraction of sp³-hybridized carbons (Fsp3) is 0.182. The van der Waals surface area contributed by atoms with E-state index in [-0.39, 0.29) is 5.69 Å². The van der Waals surface area contributed by atoms with Gasteiger partial charge in [-0.2, -0.15) is 4.52 Å². The van der Waals surface area contributed by atoms with Gasteiger partial charge >= 0.3 is 0 Å². The van der Waals surface area contributed by atoms with E-state index in [1.807, 2.05) is 30.3 Å². The van der Waals surface area contributed by atoms with E-state index >= 15 is 0 Å². The zero-order chi connectivity index (χ0) is 22.7. The summed E-state index contributed by atoms with van der Waals surface area (Å²) in [6.45, 7) is 0.519. The third-order valence-corrected chi connectivity index (χ3v) is 4.90. The summed E-state index contributed by atoms with van der Waals surface area (Å²) < 4.78 is 17.8. The van der Waals surface area contributed by atoms with Gasteiger partial charge in [-0.05, 0) is 42.0 Å². The van der Waals surface area contributed by atoms with E-state index < -0.39 is 4.92 Å². The van der Waals surface area contributed by atoms with Crippen molar-refractivity contribution >= 4 is 17.2 Å². The van der Waals surface area contributed by atoms with Gasteiger partial charge in [-0.1, -0.05) is 6.07 Å². The van der Waals surface area contributed by atoms with Gasteiger partial charge in [0, 0.05) is 24.2 Å². The molecule has 4 aromatic rings. The van der Waals surface area contributed by atoms with Crippen LogP contribution in [0.25, 0.3) is 16.9 Å². The van der Waals surface area contributed by atoms with Crippen molar-refractivity contribution < 1.29 is 19.1 Å². The first-order valence-electron chi connectivity index (χ1n) is 9.67. The van der Waals surface area contributed by atoms with Gasteiger partial charge in [0.1, 0.15) is 11.5 Å². The molecule has 2 aromatic heterocycles. The van der Waals surface area contributed by atoms with Crippen molar-refractivity contribution in [2.45, 2.75) is 6.54 Å². The molecular formula is C22H21N5O5. The molecule has 0 bridgehead atoms. The van der Waals surface area contributed by atoms with Gasteiger partial charge in [0.15, 0.2) is 17.1 Å². The Labute approximate surface area is 183 Å². The first-order chi connectivity index (χ1) is 15.5. The first-order valence-corrected chi connectivity index (χ1v) is 9.67. The molecule has 0 amide bonds. The van der Waals surface area contributed by atoms with E-state index in [9.17, 15) is 10.1 Å². The summed E-state index contributed by atoms with van der Waals surface area (Å²) in [6, 6.07) is 15.5. The second kappa shape index (κ2) is 8.80. The van der Waals surface area contributed by atoms with Crippen LogP contribution in [0.4, 0.5) is 11.5 Å². The van der Waals surface area contributed by atoms with Crippen LogP contribution < -0.4 is 19.5 Å². The van der Waals surface area contributed by atoms with Gasteiger partial charge in [-0.25, -0.2) is 4.98 Å². The van der Waals surface area contributed by atoms with Crippen molar-refractivity contribution in [3.05, 3.63) is 70.3 Å². The highest BCUT2D eigenvalue weighted by Crippen LogP contribution is 2.32. The van der Waals surface area contributed by atoms with Crippen molar-refractivity contribution in [2.75, 3.05) is 26.6 Å². The number of hydrogen-bond acceptors (Lipinski definition) is 8. The van der Waals surface area contributed by atoms with Crippen molar-refractivity contribution in [1.29, 1.82) is 0 Å². The van der Waals surface area contributed by atoms with Crippen molar-refractivity contribution in [3.8, 4) is 28.6 Å². The average Bonchev–Trinajstić information content (AvgIpc) is 3.20. The number of benzene rings is 2. The molecule has 0 atom stereocenters. The first kappa shape index (κ1) is 20.9. The Morgan fingerprint density at radius 2 is 1.72 bits per heavy atom. The molecule has 0 aliphatic carbocycles. The second-order valence-corrected chi connectivity index (χ2v) is 6.81. The topological polar surface area (TPSA) is 113 Å². The van der Waals surface area contributed by atoms with Gasteiger partial charge < -0.3 is 19.5 Å². The lowest BCUT2D eigenvalue weighted by molar-refractivity contribution is -0.384. The van der Waals surface area contributed by atoms with Crippen LogP contribution in [0, 0.1) is 10.1 Å². The van der Waals surface area contributed by atoms with E-state index in [1.165, 1.54) is 19.2 Å². The number of fused-ring (bicyclic) bond motifs is 1. The van der Waals surface area contributed by atoms with E-state index in [0.29, 0.717) is 46.6 Å². The largest absolute Gasteiger partial charge is 0.493 e. The standard InChI is InChI=1S/C22H21N5O5/c1-30-17-9-4-14(12-18(17)31-2)13-23-19-10-11-20-24-21(22(32-3)26(20)25-19)15-5-7-16(8-6-15)27(28)29/h4-12H,13H2,1-3H3,(H,23,25). The quantitative estimate of drug-likeness (QED) is 0.327. The number of nitrogens with one attached hydrogen (secondary N) is 1. The number of aromatic nitrogens is 3. The molecule has 2 aromatic carbocycles. The molecular weight excluding hydrogens is 414 g/mol. The summed E-state index contributed by atoms with van der Waals surface area (Å²) in [5, 5.41) is 18.8. The minimum atomic E-state index is -0.442. The third-order valence-electron chi connectivity index (χ3n) is 4.90. The predicted octanol–water partition coefficient (Wildman–Crippen LogP) is 3.94. The number of nitro benzene ring substituents is 1. The zero-order valence-electron chi connectivity index (χ0n) is 17.7. The zero-order valence-corrected chi connectivity index (χ0v) is 17.7. The maximum atomic E-state index is 10.9. The molecule has 0 aliphatic rings. The molecule has 1 N–H and O–H groups in total. The highest BCUT2D eigenvalue weighted by Gasteiger charge is 2.17. The molecule has 2 heterocycles. The summed E-state index contributed by atoms with van der Waals surface area (Å²) in [7, 11) is 4.72. The van der Waals surface area contributed by atoms with Crippen LogP contribution in [-0.4, -0.2) is 40.9 Å². The Hall–Kier alpha value is -4.34. The molecule has 0 spiro atoms. The molecule has 10 heteroatoms. The molecule has 0 fully saturated rings. The Bertz CT molecular complexity index is 1270. The van der Waals surface area contributed by atoms with Gasteiger partial charge in [-0.3, -0.25) is 10.1 Å². The monoisotopic (exact) mass is 435 g/mol. The fourth-order valence-electron chi connectivity index (χ4n) is 3.30. The van der Waals surface area contributed by atoms with Crippen LogP contribution in [0.15, 0.2) is 54.6 Å². The molecule has 4 rings (SSSR count). The lowest BCUT2D eigenvalue weighted by Crippen LogP contribution is -2.05. The van der Waals surface area contributed by atoms with Crippen LogP contribution in [-0.2, 0) is 6.54 Å². The lowest BCUT2D eigenvalue weighted by Gasteiger charge is -2.11. The molecule has 0 aliphatic heterocycles. The van der Waals surface area contributed by atoms with Crippen LogP contribution in [0.3, 0.4) is 0 Å². The lowest BCUT2D eigenvalue weighted by atomic mass is 10.1. The third kappa shape index (κ3) is 3.97. The number of anilines is 1. The molecule has 10 nitrogen and oxygen atoms in total. The predicted molar refractivity (Wildman–Crippen MR) is 119 cm³/mol. The highest BCUT2D eigenvalue weighted by atomic mass is 16.6. The van der Waals surface area contributed by atoms with Gasteiger partial charge in [0.05, 0.1) is 26.3 Å². The molecule has 0 unspecified atom stereocenters. The minimum Gasteiger partial charge on any atom is -0.493 e. The Morgan fingerprint density at radius 3 is 2.38 bits per heavy atom. The number of nitro groups is 1. The second-order valence-electron chi connectivity index (χ2n) is 6.81. The van der Waals surface area contributed by atoms with E-state index in [0.717, 1.165) is 5.56 Å². The number of imidazole rings is 1. The summed E-state index contributed by atoms with van der Waals surface area (Å²) in [5.41, 5.74) is 2.83. The minimum absolute atomic E-state index is 0.0104. The van der Waals surface area contributed by atoms with E-state index in [2.05, 4.69) is 15.4 Å². The van der Waals surface area contributed by atoms with Crippen molar-refractivity contribution in [3.63, 3.8) is 0 Å². The SMILES string of the molecule is COc1ccc(CNc2ccc3nc(-c4ccc([N+](=O)[O-])cc4)c(OC)n3n2)cc1OC. The molecule has 0 saturated carbocycles. The van der Waals surface area contributed by atoms with Crippen LogP contribution in [0.5, 0.6) is 17.4 Å². The van der Waals surface area contributed by atoms with Crippen molar-refractivity contribution in [2.24, 2.45) is 0 Å². The maximum Gasteiger partial charge on any atom is 0.269 e. The number of methoxy groups -OCH3 is 3.